The van der Waals surface area contributed by atoms with Crippen LogP contribution in [0.2, 0.25) is 0 Å². The van der Waals surface area contributed by atoms with Gasteiger partial charge in [-0.3, -0.25) is 0 Å². The molecule has 1 heterocycles. The molecule has 0 N–H and O–H groups in total. The van der Waals surface area contributed by atoms with Gasteiger partial charge in [0.15, 0.2) is 0 Å². The number of aromatic nitrogens is 1. The van der Waals surface area contributed by atoms with Crippen molar-refractivity contribution < 1.29 is 0 Å². The van der Waals surface area contributed by atoms with Crippen molar-refractivity contribution in [1.29, 1.82) is 0 Å². The summed E-state index contributed by atoms with van der Waals surface area (Å²) in [6.07, 6.45) is 9.15. The van der Waals surface area contributed by atoms with Crippen molar-refractivity contribution in [3.05, 3.63) is 228 Å². The Morgan fingerprint density at radius 2 is 1.02 bits per heavy atom. The number of hydrogen-bond acceptors (Lipinski definition) is 0. The first-order valence-electron chi connectivity index (χ1n) is 19.8. The van der Waals surface area contributed by atoms with Crippen LogP contribution in [0.25, 0.3) is 77.6 Å². The molecule has 1 heteroatoms. The summed E-state index contributed by atoms with van der Waals surface area (Å²) in [7, 11) is 0. The zero-order valence-corrected chi connectivity index (χ0v) is 30.9. The lowest BCUT2D eigenvalue weighted by atomic mass is 9.70. The lowest BCUT2D eigenvalue weighted by Crippen LogP contribution is -2.26. The minimum atomic E-state index is -0.472. The van der Waals surface area contributed by atoms with Crippen LogP contribution in [0.5, 0.6) is 0 Å². The summed E-state index contributed by atoms with van der Waals surface area (Å²) in [5.41, 5.74) is 21.4. The van der Waals surface area contributed by atoms with E-state index in [1.165, 1.54) is 99.7 Å². The van der Waals surface area contributed by atoms with Crippen LogP contribution in [0.4, 0.5) is 0 Å². The molecule has 0 fully saturated rings. The Kier molecular flexibility index (Phi) is 6.74. The largest absolute Gasteiger partial charge is 0.309 e. The second-order valence-corrected chi connectivity index (χ2v) is 15.5. The van der Waals surface area contributed by atoms with Crippen molar-refractivity contribution in [2.24, 2.45) is 0 Å². The van der Waals surface area contributed by atoms with Gasteiger partial charge in [0, 0.05) is 22.0 Å². The van der Waals surface area contributed by atoms with Crippen LogP contribution in [0, 0.1) is 0 Å². The third-order valence-corrected chi connectivity index (χ3v) is 12.6. The van der Waals surface area contributed by atoms with Crippen molar-refractivity contribution in [3.63, 3.8) is 0 Å². The molecule has 3 aliphatic rings. The molecule has 262 valence electrons. The lowest BCUT2D eigenvalue weighted by Gasteiger charge is -2.31. The van der Waals surface area contributed by atoms with Gasteiger partial charge in [0.05, 0.1) is 16.4 Å². The molecule has 0 saturated carbocycles. The fourth-order valence-electron chi connectivity index (χ4n) is 10.3. The zero-order chi connectivity index (χ0) is 36.8. The number of hydrogen-bond donors (Lipinski definition) is 0. The fourth-order valence-corrected chi connectivity index (χ4v) is 10.3. The maximum atomic E-state index is 2.57. The molecule has 0 aliphatic heterocycles. The van der Waals surface area contributed by atoms with Gasteiger partial charge >= 0.3 is 0 Å². The first-order valence-corrected chi connectivity index (χ1v) is 19.8. The minimum Gasteiger partial charge on any atom is -0.309 e. The van der Waals surface area contributed by atoms with E-state index in [1.54, 1.807) is 0 Å². The van der Waals surface area contributed by atoms with E-state index in [1.807, 2.05) is 0 Å². The summed E-state index contributed by atoms with van der Waals surface area (Å²) in [6, 6.07) is 68.3. The number of nitrogens with zero attached hydrogens (tertiary/aromatic N) is 1. The van der Waals surface area contributed by atoms with E-state index in [0.29, 0.717) is 0 Å². The molecule has 3 aliphatic carbocycles. The monoisotopic (exact) mass is 711 g/mol. The van der Waals surface area contributed by atoms with Crippen molar-refractivity contribution in [3.8, 4) is 50.2 Å². The van der Waals surface area contributed by atoms with E-state index >= 15 is 0 Å². The van der Waals surface area contributed by atoms with Crippen LogP contribution in [-0.4, -0.2) is 4.57 Å². The van der Waals surface area contributed by atoms with Gasteiger partial charge in [0.1, 0.15) is 0 Å². The molecule has 9 aromatic rings. The quantitative estimate of drug-likeness (QED) is 0.171. The highest BCUT2D eigenvalue weighted by Gasteiger charge is 2.53. The molecule has 1 nitrogen and oxygen atoms in total. The smallest absolute Gasteiger partial charge is 0.0746 e. The summed E-state index contributed by atoms with van der Waals surface area (Å²) >= 11 is 0. The van der Waals surface area contributed by atoms with Gasteiger partial charge < -0.3 is 4.57 Å². The van der Waals surface area contributed by atoms with Gasteiger partial charge in [-0.2, -0.15) is 0 Å². The molecular weight excluding hydrogens is 675 g/mol. The van der Waals surface area contributed by atoms with Gasteiger partial charge in [-0.15, -0.1) is 0 Å². The van der Waals surface area contributed by atoms with Gasteiger partial charge in [0.2, 0.25) is 0 Å². The van der Waals surface area contributed by atoms with Gasteiger partial charge in [-0.05, 0) is 116 Å². The maximum absolute atomic E-state index is 2.57. The third kappa shape index (κ3) is 4.31. The molecule has 0 atom stereocenters. The van der Waals surface area contributed by atoms with E-state index in [9.17, 15) is 0 Å². The normalized spacial score (nSPS) is 14.5. The number of fused-ring (bicyclic) bond motifs is 14. The van der Waals surface area contributed by atoms with Gasteiger partial charge in [0.25, 0.3) is 0 Å². The molecule has 1 spiro atoms. The standard InChI is InChI=1S/C55H37N/c1-3-15-36(16-4-1)38-19-13-20-39(33-38)41-29-32-52-48(35-41)47-31-30-46-45-25-9-12-28-51(45)55(49-26-10-7-23-43(49)44-24-8-11-27-50(44)55)53(46)54(47)56(52)42-22-14-21-40(34-42)37-17-5-2-6-18-37/h2-3,5-35H,1,4H2. The summed E-state index contributed by atoms with van der Waals surface area (Å²) < 4.78 is 2.57. The minimum absolute atomic E-state index is 0.472. The summed E-state index contributed by atoms with van der Waals surface area (Å²) in [4.78, 5) is 0. The Hall–Kier alpha value is -6.96. The Morgan fingerprint density at radius 3 is 1.73 bits per heavy atom. The van der Waals surface area contributed by atoms with Crippen molar-refractivity contribution in [2.45, 2.75) is 18.3 Å². The summed E-state index contributed by atoms with van der Waals surface area (Å²) in [5.74, 6) is 0. The Morgan fingerprint density at radius 1 is 0.411 bits per heavy atom. The molecule has 56 heavy (non-hydrogen) atoms. The highest BCUT2D eigenvalue weighted by molar-refractivity contribution is 6.15. The Labute approximate surface area is 327 Å². The van der Waals surface area contributed by atoms with Crippen LogP contribution in [0.15, 0.2) is 200 Å². The molecule has 0 unspecified atom stereocenters. The topological polar surface area (TPSA) is 4.93 Å². The van der Waals surface area contributed by atoms with Crippen LogP contribution in [0.3, 0.4) is 0 Å². The third-order valence-electron chi connectivity index (χ3n) is 12.6. The van der Waals surface area contributed by atoms with Crippen LogP contribution in [-0.2, 0) is 5.41 Å². The van der Waals surface area contributed by atoms with E-state index in [4.69, 9.17) is 0 Å². The average molecular weight is 712 g/mol. The predicted molar refractivity (Wildman–Crippen MR) is 234 cm³/mol. The van der Waals surface area contributed by atoms with E-state index in [2.05, 4.69) is 205 Å². The molecule has 8 aromatic carbocycles. The molecule has 0 bridgehead atoms. The SMILES string of the molecule is C1=CC(c2cccc(-c3ccc4c(c3)c3ccc5c(c3n4-c3cccc(-c4ccccc4)c3)C3(c4ccccc4-c4ccccc43)c3ccccc3-5)c2)=CCC1. The first-order chi connectivity index (χ1) is 27.8. The highest BCUT2D eigenvalue weighted by Crippen LogP contribution is 2.64. The number of benzene rings is 8. The van der Waals surface area contributed by atoms with Crippen molar-refractivity contribution in [2.75, 3.05) is 0 Å². The van der Waals surface area contributed by atoms with E-state index in [-0.39, 0.29) is 0 Å². The number of rotatable bonds is 4. The molecule has 0 amide bonds. The second kappa shape index (κ2) is 12.0. The predicted octanol–water partition coefficient (Wildman–Crippen LogP) is 14.2. The van der Waals surface area contributed by atoms with E-state index in [0.717, 1.165) is 18.5 Å². The highest BCUT2D eigenvalue weighted by atomic mass is 15.0. The second-order valence-electron chi connectivity index (χ2n) is 15.5. The molecular formula is C55H37N. The van der Waals surface area contributed by atoms with Gasteiger partial charge in [-0.1, -0.05) is 170 Å². The molecule has 0 saturated heterocycles. The van der Waals surface area contributed by atoms with Gasteiger partial charge in [-0.25, -0.2) is 0 Å². The average Bonchev–Trinajstić information content (AvgIpc) is 3.89. The molecule has 12 rings (SSSR count). The van der Waals surface area contributed by atoms with Crippen LogP contribution in [0.1, 0.15) is 40.7 Å². The molecule has 0 radical (unpaired) electrons. The number of allylic oxidation sites excluding steroid dienone is 4. The zero-order valence-electron chi connectivity index (χ0n) is 30.9. The summed E-state index contributed by atoms with van der Waals surface area (Å²) in [5, 5.41) is 2.53. The Bertz CT molecular complexity index is 3070. The van der Waals surface area contributed by atoms with Crippen molar-refractivity contribution in [1.82, 2.24) is 4.57 Å². The summed E-state index contributed by atoms with van der Waals surface area (Å²) in [6.45, 7) is 0. The first kappa shape index (κ1) is 31.4. The van der Waals surface area contributed by atoms with Crippen LogP contribution >= 0.6 is 0 Å². The lowest BCUT2D eigenvalue weighted by molar-refractivity contribution is 0.797. The van der Waals surface area contributed by atoms with Crippen molar-refractivity contribution >= 4 is 27.4 Å². The Balaban J connectivity index is 1.20. The fraction of sp³-hybridized carbons (Fsp3) is 0.0545. The van der Waals surface area contributed by atoms with Crippen LogP contribution < -0.4 is 0 Å². The molecule has 1 aromatic heterocycles. The maximum Gasteiger partial charge on any atom is 0.0746 e. The van der Waals surface area contributed by atoms with E-state index < -0.39 is 5.41 Å².